The summed E-state index contributed by atoms with van der Waals surface area (Å²) in [4.78, 5) is 38.9. The van der Waals surface area contributed by atoms with Gasteiger partial charge in [-0.15, -0.1) is 0 Å². The third-order valence-corrected chi connectivity index (χ3v) is 5.39. The summed E-state index contributed by atoms with van der Waals surface area (Å²) >= 11 is 11.8. The van der Waals surface area contributed by atoms with Crippen molar-refractivity contribution < 1.29 is 9.18 Å². The Kier molecular flexibility index (Phi) is 6.12. The molecule has 0 spiro atoms. The highest BCUT2D eigenvalue weighted by atomic mass is 35.5. The van der Waals surface area contributed by atoms with E-state index < -0.39 is 23.0 Å². The fourth-order valence-corrected chi connectivity index (χ4v) is 3.79. The van der Waals surface area contributed by atoms with Crippen molar-refractivity contribution in [1.29, 1.82) is 0 Å². The van der Waals surface area contributed by atoms with Gasteiger partial charge >= 0.3 is 5.69 Å². The highest BCUT2D eigenvalue weighted by Crippen LogP contribution is 2.19. The van der Waals surface area contributed by atoms with Crippen molar-refractivity contribution in [3.63, 3.8) is 0 Å². The zero-order valence-corrected chi connectivity index (χ0v) is 18.0. The maximum atomic E-state index is 13.4. The normalized spacial score (nSPS) is 11.0. The molecule has 1 heterocycles. The van der Waals surface area contributed by atoms with Crippen LogP contribution in [-0.2, 0) is 17.9 Å². The first-order chi connectivity index (χ1) is 15.3. The minimum Gasteiger partial charge on any atom is -0.324 e. The number of nitrogens with one attached hydrogen (secondary N) is 1. The second kappa shape index (κ2) is 8.98. The van der Waals surface area contributed by atoms with Gasteiger partial charge in [0.25, 0.3) is 5.56 Å². The molecule has 0 bridgehead atoms. The van der Waals surface area contributed by atoms with Crippen molar-refractivity contribution in [3.8, 4) is 0 Å². The van der Waals surface area contributed by atoms with Crippen LogP contribution in [0, 0.1) is 5.82 Å². The molecule has 0 unspecified atom stereocenters. The molecule has 162 valence electrons. The van der Waals surface area contributed by atoms with Crippen molar-refractivity contribution in [2.75, 3.05) is 5.32 Å². The second-order valence-corrected chi connectivity index (χ2v) is 7.93. The summed E-state index contributed by atoms with van der Waals surface area (Å²) in [7, 11) is 0. The number of hydrogen-bond donors (Lipinski definition) is 1. The highest BCUT2D eigenvalue weighted by Gasteiger charge is 2.16. The molecule has 1 aromatic heterocycles. The summed E-state index contributed by atoms with van der Waals surface area (Å²) in [5, 5.41) is 3.23. The van der Waals surface area contributed by atoms with Crippen molar-refractivity contribution >= 4 is 45.7 Å². The molecule has 9 heteroatoms. The average Bonchev–Trinajstić information content (AvgIpc) is 2.77. The Morgan fingerprint density at radius 2 is 1.72 bits per heavy atom. The van der Waals surface area contributed by atoms with E-state index in [-0.39, 0.29) is 23.8 Å². The van der Waals surface area contributed by atoms with Crippen LogP contribution in [0.2, 0.25) is 10.0 Å². The number of anilines is 1. The van der Waals surface area contributed by atoms with Gasteiger partial charge in [-0.2, -0.15) is 0 Å². The number of fused-ring (bicyclic) bond motifs is 1. The lowest BCUT2D eigenvalue weighted by molar-refractivity contribution is -0.116. The molecule has 0 saturated carbocycles. The van der Waals surface area contributed by atoms with Gasteiger partial charge in [-0.05, 0) is 48.0 Å². The van der Waals surface area contributed by atoms with Crippen LogP contribution in [0.3, 0.4) is 0 Å². The van der Waals surface area contributed by atoms with Gasteiger partial charge in [0.1, 0.15) is 12.4 Å². The minimum absolute atomic E-state index is 0.00174. The molecule has 0 aliphatic carbocycles. The average molecular weight is 472 g/mol. The van der Waals surface area contributed by atoms with Crippen molar-refractivity contribution in [3.05, 3.63) is 109 Å². The maximum absolute atomic E-state index is 13.4. The minimum atomic E-state index is -0.638. The molecule has 3 aromatic carbocycles. The van der Waals surface area contributed by atoms with Crippen molar-refractivity contribution in [2.45, 2.75) is 13.1 Å². The highest BCUT2D eigenvalue weighted by molar-refractivity contribution is 6.31. The summed E-state index contributed by atoms with van der Waals surface area (Å²) in [6.45, 7) is -0.359. The van der Waals surface area contributed by atoms with E-state index in [1.165, 1.54) is 16.7 Å². The summed E-state index contributed by atoms with van der Waals surface area (Å²) in [6, 6.07) is 17.2. The van der Waals surface area contributed by atoms with E-state index in [0.717, 1.165) is 10.6 Å². The molecule has 6 nitrogen and oxygen atoms in total. The smallest absolute Gasteiger partial charge is 0.324 e. The van der Waals surface area contributed by atoms with E-state index >= 15 is 0 Å². The van der Waals surface area contributed by atoms with Gasteiger partial charge in [-0.3, -0.25) is 18.7 Å². The largest absolute Gasteiger partial charge is 0.332 e. The number of aromatic nitrogens is 2. The molecule has 0 radical (unpaired) electrons. The van der Waals surface area contributed by atoms with Crippen LogP contribution in [-0.4, -0.2) is 15.0 Å². The predicted octanol–water partition coefficient (Wildman–Crippen LogP) is 4.30. The fraction of sp³-hybridized carbons (Fsp3) is 0.0870. The Morgan fingerprint density at radius 1 is 0.938 bits per heavy atom. The molecule has 1 amide bonds. The monoisotopic (exact) mass is 471 g/mol. The lowest BCUT2D eigenvalue weighted by Gasteiger charge is -2.14. The predicted molar refractivity (Wildman–Crippen MR) is 123 cm³/mol. The molecule has 0 atom stereocenters. The molecule has 0 aliphatic rings. The number of amides is 1. The van der Waals surface area contributed by atoms with Crippen LogP contribution in [0.4, 0.5) is 10.1 Å². The zero-order chi connectivity index (χ0) is 22.8. The van der Waals surface area contributed by atoms with E-state index in [1.807, 2.05) is 0 Å². The lowest BCUT2D eigenvalue weighted by Crippen LogP contribution is -2.42. The van der Waals surface area contributed by atoms with Crippen LogP contribution in [0.5, 0.6) is 0 Å². The van der Waals surface area contributed by atoms with Gasteiger partial charge in [0.15, 0.2) is 0 Å². The molecule has 0 fully saturated rings. The van der Waals surface area contributed by atoms with Gasteiger partial charge < -0.3 is 5.32 Å². The molecule has 0 aliphatic heterocycles. The quantitative estimate of drug-likeness (QED) is 0.471. The standard InChI is InChI=1S/C23H16Cl2FN3O3/c24-15-5-3-4-14(10-15)12-29-22(31)17-6-1-2-7-20(17)28(23(29)32)13-21(30)27-16-8-9-19(26)18(25)11-16/h1-11H,12-13H2,(H,27,30). The zero-order valence-electron chi connectivity index (χ0n) is 16.5. The van der Waals surface area contributed by atoms with Crippen LogP contribution in [0.1, 0.15) is 5.56 Å². The Labute approximate surface area is 191 Å². The van der Waals surface area contributed by atoms with E-state index in [2.05, 4.69) is 5.32 Å². The number of rotatable bonds is 5. The number of carbonyl (C=O) groups excluding carboxylic acids is 1. The van der Waals surface area contributed by atoms with Gasteiger partial charge in [-0.25, -0.2) is 9.18 Å². The lowest BCUT2D eigenvalue weighted by atomic mass is 10.2. The number of carbonyl (C=O) groups is 1. The van der Waals surface area contributed by atoms with E-state index in [1.54, 1.807) is 48.5 Å². The number of para-hydroxylation sites is 1. The number of hydrogen-bond acceptors (Lipinski definition) is 3. The Hall–Kier alpha value is -3.42. The Morgan fingerprint density at radius 3 is 2.47 bits per heavy atom. The summed E-state index contributed by atoms with van der Waals surface area (Å²) in [6.07, 6.45) is 0. The molecular weight excluding hydrogens is 456 g/mol. The van der Waals surface area contributed by atoms with E-state index in [9.17, 15) is 18.8 Å². The molecule has 32 heavy (non-hydrogen) atoms. The van der Waals surface area contributed by atoms with Gasteiger partial charge in [-0.1, -0.05) is 47.5 Å². The Balaban J connectivity index is 1.74. The third-order valence-electron chi connectivity index (χ3n) is 4.87. The van der Waals surface area contributed by atoms with Crippen LogP contribution in [0.25, 0.3) is 10.9 Å². The van der Waals surface area contributed by atoms with Crippen LogP contribution >= 0.6 is 23.2 Å². The van der Waals surface area contributed by atoms with Gasteiger partial charge in [0.05, 0.1) is 22.5 Å². The second-order valence-electron chi connectivity index (χ2n) is 7.08. The molecule has 4 aromatic rings. The van der Waals surface area contributed by atoms with E-state index in [0.29, 0.717) is 21.5 Å². The fourth-order valence-electron chi connectivity index (χ4n) is 3.40. The molecule has 4 rings (SSSR count). The molecule has 0 saturated heterocycles. The number of nitrogens with zero attached hydrogens (tertiary/aromatic N) is 2. The topological polar surface area (TPSA) is 73.1 Å². The van der Waals surface area contributed by atoms with E-state index in [4.69, 9.17) is 23.2 Å². The van der Waals surface area contributed by atoms with Gasteiger partial charge in [0, 0.05) is 10.7 Å². The Bertz CT molecular complexity index is 1460. The summed E-state index contributed by atoms with van der Waals surface area (Å²) in [5.74, 6) is -1.15. The van der Waals surface area contributed by atoms with Gasteiger partial charge in [0.2, 0.25) is 5.91 Å². The number of benzene rings is 3. The SMILES string of the molecule is O=C(Cn1c(=O)n(Cc2cccc(Cl)c2)c(=O)c2ccccc21)Nc1ccc(F)c(Cl)c1. The molecule has 1 N–H and O–H groups in total. The third kappa shape index (κ3) is 4.44. The molecular formula is C23H16Cl2FN3O3. The van der Waals surface area contributed by atoms with Crippen molar-refractivity contribution in [1.82, 2.24) is 9.13 Å². The first-order valence-electron chi connectivity index (χ1n) is 9.55. The van der Waals surface area contributed by atoms with Crippen LogP contribution in [0.15, 0.2) is 76.3 Å². The number of halogens is 3. The summed E-state index contributed by atoms with van der Waals surface area (Å²) in [5.41, 5.74) is 0.181. The summed E-state index contributed by atoms with van der Waals surface area (Å²) < 4.78 is 15.7. The first kappa shape index (κ1) is 21.8. The first-order valence-corrected chi connectivity index (χ1v) is 10.3. The van der Waals surface area contributed by atoms with Crippen LogP contribution < -0.4 is 16.6 Å². The van der Waals surface area contributed by atoms with Crippen molar-refractivity contribution in [2.24, 2.45) is 0 Å². The maximum Gasteiger partial charge on any atom is 0.332 e.